The second-order valence-electron chi connectivity index (χ2n) is 7.20. The van der Waals surface area contributed by atoms with Gasteiger partial charge < -0.3 is 9.80 Å². The molecule has 2 aliphatic rings. The Hall–Kier alpha value is -2.11. The van der Waals surface area contributed by atoms with Crippen LogP contribution in [0, 0.1) is 0 Å². The zero-order valence-electron chi connectivity index (χ0n) is 14.9. The number of carbonyl (C=O) groups is 2. The fraction of sp³-hybridized carbons (Fsp3) is 0.588. The van der Waals surface area contributed by atoms with Gasteiger partial charge in [-0.05, 0) is 45.8 Å². The normalized spacial score (nSPS) is 22.3. The summed E-state index contributed by atoms with van der Waals surface area (Å²) in [6.07, 6.45) is 5.78. The molecule has 0 radical (unpaired) electrons. The fourth-order valence-electron chi connectivity index (χ4n) is 2.61. The van der Waals surface area contributed by atoms with E-state index in [1.165, 1.54) is 15.6 Å². The highest BCUT2D eigenvalue weighted by Gasteiger charge is 2.39. The van der Waals surface area contributed by atoms with Gasteiger partial charge in [0, 0.05) is 33.4 Å². The fourth-order valence-corrected chi connectivity index (χ4v) is 2.61. The molecule has 2 amide bonds. The van der Waals surface area contributed by atoms with Crippen molar-refractivity contribution in [2.75, 3.05) is 27.7 Å². The minimum atomic E-state index is -0.470. The van der Waals surface area contributed by atoms with Crippen LogP contribution in [0.1, 0.15) is 33.6 Å². The molecule has 0 aliphatic carbocycles. The summed E-state index contributed by atoms with van der Waals surface area (Å²) in [5.74, 6) is -0.477. The Labute approximate surface area is 138 Å². The molecule has 2 rings (SSSR count). The lowest BCUT2D eigenvalue weighted by atomic mass is 10.1. The number of hydrazone groups is 1. The molecule has 23 heavy (non-hydrogen) atoms. The number of nitrogens with zero attached hydrogens (tertiary/aromatic N) is 4. The van der Waals surface area contributed by atoms with Crippen LogP contribution in [-0.4, -0.2) is 65.6 Å². The summed E-state index contributed by atoms with van der Waals surface area (Å²) in [5, 5.41) is 5.70. The number of hydrogen-bond acceptors (Lipinski definition) is 4. The van der Waals surface area contributed by atoms with Gasteiger partial charge in [0.2, 0.25) is 0 Å². The van der Waals surface area contributed by atoms with Gasteiger partial charge >= 0.3 is 0 Å². The van der Waals surface area contributed by atoms with Crippen molar-refractivity contribution in [1.82, 2.24) is 14.8 Å². The lowest BCUT2D eigenvalue weighted by molar-refractivity contribution is -0.130. The molecule has 0 aromatic rings. The van der Waals surface area contributed by atoms with E-state index in [1.54, 1.807) is 20.2 Å². The minimum Gasteiger partial charge on any atom is -0.378 e. The van der Waals surface area contributed by atoms with Crippen LogP contribution >= 0.6 is 0 Å². The summed E-state index contributed by atoms with van der Waals surface area (Å²) in [4.78, 5) is 28.7. The Morgan fingerprint density at radius 3 is 2.39 bits per heavy atom. The van der Waals surface area contributed by atoms with Crippen molar-refractivity contribution < 1.29 is 9.59 Å². The molecule has 0 aromatic heterocycles. The predicted octanol–water partition coefficient (Wildman–Crippen LogP) is 1.61. The van der Waals surface area contributed by atoms with E-state index in [2.05, 4.69) is 10.0 Å². The maximum Gasteiger partial charge on any atom is 0.276 e. The van der Waals surface area contributed by atoms with Gasteiger partial charge in [0.05, 0.1) is 11.1 Å². The highest BCUT2D eigenvalue weighted by atomic mass is 16.2. The van der Waals surface area contributed by atoms with Gasteiger partial charge in [0.1, 0.15) is 0 Å². The van der Waals surface area contributed by atoms with E-state index in [4.69, 9.17) is 0 Å². The zero-order chi connectivity index (χ0) is 17.4. The topological polar surface area (TPSA) is 56.2 Å². The molecule has 0 spiro atoms. The summed E-state index contributed by atoms with van der Waals surface area (Å²) in [5.41, 5.74) is 1.29. The Balaban J connectivity index is 2.41. The summed E-state index contributed by atoms with van der Waals surface area (Å²) < 4.78 is 0. The molecule has 6 nitrogen and oxygen atoms in total. The lowest BCUT2D eigenvalue weighted by Crippen LogP contribution is -2.39. The Morgan fingerprint density at radius 1 is 1.26 bits per heavy atom. The van der Waals surface area contributed by atoms with Crippen LogP contribution in [0.15, 0.2) is 28.5 Å². The number of carbonyl (C=O) groups excluding carboxylic acids is 2. The lowest BCUT2D eigenvalue weighted by Gasteiger charge is -2.27. The second-order valence-corrected chi connectivity index (χ2v) is 7.20. The molecular weight excluding hydrogens is 292 g/mol. The molecule has 0 saturated carbocycles. The van der Waals surface area contributed by atoms with Crippen molar-refractivity contribution in [3.8, 4) is 0 Å². The van der Waals surface area contributed by atoms with Crippen molar-refractivity contribution in [3.63, 3.8) is 0 Å². The second kappa shape index (κ2) is 6.18. The van der Waals surface area contributed by atoms with Crippen LogP contribution in [0.3, 0.4) is 0 Å². The monoisotopic (exact) mass is 318 g/mol. The molecule has 1 saturated heterocycles. The van der Waals surface area contributed by atoms with Gasteiger partial charge in [-0.2, -0.15) is 5.10 Å². The first kappa shape index (κ1) is 17.2. The van der Waals surface area contributed by atoms with E-state index >= 15 is 0 Å². The van der Waals surface area contributed by atoms with Gasteiger partial charge in [-0.25, -0.2) is 5.01 Å². The molecule has 1 fully saturated rings. The van der Waals surface area contributed by atoms with Crippen LogP contribution in [-0.2, 0) is 9.59 Å². The molecule has 126 valence electrons. The third-order valence-corrected chi connectivity index (χ3v) is 3.98. The number of likely N-dealkylation sites (tertiary alicyclic amines) is 1. The van der Waals surface area contributed by atoms with Gasteiger partial charge in [-0.3, -0.25) is 9.59 Å². The molecule has 2 aliphatic heterocycles. The SMILES string of the molecule is CN(C)C(=O)C1=NN(C(C)(C)C)C(=O)/C1=C/C=C1/CCCN1C. The average Bonchev–Trinajstić information content (AvgIpc) is 2.99. The predicted molar refractivity (Wildman–Crippen MR) is 90.8 cm³/mol. The quantitative estimate of drug-likeness (QED) is 0.727. The van der Waals surface area contributed by atoms with Crippen molar-refractivity contribution in [2.24, 2.45) is 5.10 Å². The molecule has 2 heterocycles. The number of rotatable bonds is 2. The standard InChI is InChI=1S/C17H26N4O2/c1-17(2,3)21-15(22)13(14(18-21)16(23)19(4)5)10-9-12-8-7-11-20(12)6/h9-10H,7-8,11H2,1-6H3/b12-9-,13-10+. The summed E-state index contributed by atoms with van der Waals surface area (Å²) in [6, 6.07) is 0. The Bertz CT molecular complexity index is 609. The first-order chi connectivity index (χ1) is 10.6. The number of allylic oxidation sites excluding steroid dienone is 3. The third-order valence-electron chi connectivity index (χ3n) is 3.98. The van der Waals surface area contributed by atoms with Crippen molar-refractivity contribution in [1.29, 1.82) is 0 Å². The van der Waals surface area contributed by atoms with Crippen molar-refractivity contribution in [2.45, 2.75) is 39.2 Å². The van der Waals surface area contributed by atoms with Gasteiger partial charge in [-0.1, -0.05) is 0 Å². The van der Waals surface area contributed by atoms with Gasteiger partial charge in [-0.15, -0.1) is 0 Å². The van der Waals surface area contributed by atoms with E-state index in [0.717, 1.165) is 19.4 Å². The molecule has 6 heteroatoms. The van der Waals surface area contributed by atoms with E-state index in [9.17, 15) is 9.59 Å². The van der Waals surface area contributed by atoms with Crippen LogP contribution in [0.2, 0.25) is 0 Å². The third kappa shape index (κ3) is 3.46. The first-order valence-electron chi connectivity index (χ1n) is 7.90. The molecule has 0 unspecified atom stereocenters. The van der Waals surface area contributed by atoms with Gasteiger partial charge in [0.15, 0.2) is 5.71 Å². The average molecular weight is 318 g/mol. The van der Waals surface area contributed by atoms with Crippen molar-refractivity contribution >= 4 is 17.5 Å². The number of hydrogen-bond donors (Lipinski definition) is 0. The summed E-state index contributed by atoms with van der Waals surface area (Å²) >= 11 is 0. The molecule has 0 aromatic carbocycles. The molecular formula is C17H26N4O2. The van der Waals surface area contributed by atoms with E-state index in [-0.39, 0.29) is 17.5 Å². The first-order valence-corrected chi connectivity index (χ1v) is 7.90. The maximum atomic E-state index is 12.7. The molecule has 0 atom stereocenters. The zero-order valence-corrected chi connectivity index (χ0v) is 14.9. The van der Waals surface area contributed by atoms with Crippen molar-refractivity contribution in [3.05, 3.63) is 23.4 Å². The Morgan fingerprint density at radius 2 is 1.91 bits per heavy atom. The number of amides is 2. The Kier molecular flexibility index (Phi) is 4.63. The van der Waals surface area contributed by atoms with Crippen LogP contribution in [0.25, 0.3) is 0 Å². The maximum absolute atomic E-state index is 12.7. The minimum absolute atomic E-state index is 0.215. The van der Waals surface area contributed by atoms with Crippen LogP contribution in [0.4, 0.5) is 0 Å². The highest BCUT2D eigenvalue weighted by molar-refractivity contribution is 6.52. The molecule has 0 bridgehead atoms. The highest BCUT2D eigenvalue weighted by Crippen LogP contribution is 2.26. The van der Waals surface area contributed by atoms with E-state index < -0.39 is 5.54 Å². The van der Waals surface area contributed by atoms with E-state index in [0.29, 0.717) is 5.57 Å². The van der Waals surface area contributed by atoms with Crippen LogP contribution < -0.4 is 0 Å². The van der Waals surface area contributed by atoms with Crippen LogP contribution in [0.5, 0.6) is 0 Å². The summed E-state index contributed by atoms with van der Waals surface area (Å²) in [7, 11) is 5.36. The molecule has 0 N–H and O–H groups in total. The van der Waals surface area contributed by atoms with E-state index in [1.807, 2.05) is 33.9 Å². The largest absolute Gasteiger partial charge is 0.378 e. The summed E-state index contributed by atoms with van der Waals surface area (Å²) in [6.45, 7) is 6.73. The van der Waals surface area contributed by atoms with Gasteiger partial charge in [0.25, 0.3) is 11.8 Å². The smallest absolute Gasteiger partial charge is 0.276 e.